The lowest BCUT2D eigenvalue weighted by Crippen LogP contribution is -2.27. The van der Waals surface area contributed by atoms with Gasteiger partial charge in [0, 0.05) is 5.69 Å². The first-order chi connectivity index (χ1) is 11.0. The molecule has 0 aliphatic carbocycles. The van der Waals surface area contributed by atoms with Gasteiger partial charge in [-0.25, -0.2) is 4.98 Å². The van der Waals surface area contributed by atoms with Crippen LogP contribution >= 0.6 is 11.3 Å². The van der Waals surface area contributed by atoms with Crippen LogP contribution in [0.15, 0.2) is 46.8 Å². The standard InChI is InChI=1S/C17H17N3O2S/c1-11(2)12-3-5-13(6-4-12)19-15(21)9-20-10-18-16-14(17(20)22)7-8-23-16/h3-8,10-11H,9H2,1-2H3,(H,19,21). The number of aromatic nitrogens is 2. The van der Waals surface area contributed by atoms with Crippen LogP contribution in [-0.4, -0.2) is 15.5 Å². The number of nitrogens with zero attached hydrogens (tertiary/aromatic N) is 2. The zero-order valence-electron chi connectivity index (χ0n) is 12.9. The first-order valence-electron chi connectivity index (χ1n) is 7.37. The lowest BCUT2D eigenvalue weighted by atomic mass is 10.0. The van der Waals surface area contributed by atoms with Gasteiger partial charge in [0.2, 0.25) is 5.91 Å². The molecule has 1 amide bonds. The Hall–Kier alpha value is -2.47. The van der Waals surface area contributed by atoms with Gasteiger partial charge in [0.15, 0.2) is 0 Å². The first kappa shape index (κ1) is 15.4. The van der Waals surface area contributed by atoms with Crippen molar-refractivity contribution in [1.82, 2.24) is 9.55 Å². The second-order valence-electron chi connectivity index (χ2n) is 5.64. The predicted molar refractivity (Wildman–Crippen MR) is 93.0 cm³/mol. The van der Waals surface area contributed by atoms with Crippen LogP contribution in [0.4, 0.5) is 5.69 Å². The molecular weight excluding hydrogens is 310 g/mol. The van der Waals surface area contributed by atoms with E-state index in [9.17, 15) is 9.59 Å². The van der Waals surface area contributed by atoms with Crippen molar-refractivity contribution in [2.75, 3.05) is 5.32 Å². The summed E-state index contributed by atoms with van der Waals surface area (Å²) in [5.74, 6) is 0.197. The van der Waals surface area contributed by atoms with Crippen molar-refractivity contribution < 1.29 is 4.79 Å². The maximum Gasteiger partial charge on any atom is 0.262 e. The Bertz CT molecular complexity index is 894. The normalized spacial score (nSPS) is 11.1. The van der Waals surface area contributed by atoms with Gasteiger partial charge in [-0.3, -0.25) is 14.2 Å². The van der Waals surface area contributed by atoms with E-state index in [0.717, 1.165) is 5.69 Å². The Balaban J connectivity index is 1.73. The van der Waals surface area contributed by atoms with Crippen molar-refractivity contribution >= 4 is 33.1 Å². The smallest absolute Gasteiger partial charge is 0.262 e. The first-order valence-corrected chi connectivity index (χ1v) is 8.25. The Morgan fingerprint density at radius 3 is 2.70 bits per heavy atom. The molecular formula is C17H17N3O2S. The van der Waals surface area contributed by atoms with Crippen LogP contribution in [0, 0.1) is 0 Å². The lowest BCUT2D eigenvalue weighted by molar-refractivity contribution is -0.116. The molecule has 118 valence electrons. The van der Waals surface area contributed by atoms with Crippen LogP contribution in [-0.2, 0) is 11.3 Å². The van der Waals surface area contributed by atoms with Gasteiger partial charge >= 0.3 is 0 Å². The average molecular weight is 327 g/mol. The highest BCUT2D eigenvalue weighted by atomic mass is 32.1. The second-order valence-corrected chi connectivity index (χ2v) is 6.54. The molecule has 2 heterocycles. The zero-order chi connectivity index (χ0) is 16.4. The van der Waals surface area contributed by atoms with Crippen molar-refractivity contribution in [1.29, 1.82) is 0 Å². The summed E-state index contributed by atoms with van der Waals surface area (Å²) in [6.45, 7) is 4.19. The highest BCUT2D eigenvalue weighted by molar-refractivity contribution is 7.16. The third-order valence-corrected chi connectivity index (χ3v) is 4.45. The van der Waals surface area contributed by atoms with Crippen molar-refractivity contribution in [3.8, 4) is 0 Å². The SMILES string of the molecule is CC(C)c1ccc(NC(=O)Cn2cnc3sccc3c2=O)cc1. The van der Waals surface area contributed by atoms with Crippen LogP contribution in [0.2, 0.25) is 0 Å². The molecule has 0 saturated heterocycles. The molecule has 23 heavy (non-hydrogen) atoms. The molecule has 1 aromatic carbocycles. The fourth-order valence-corrected chi connectivity index (χ4v) is 3.04. The number of anilines is 1. The van der Waals surface area contributed by atoms with E-state index >= 15 is 0 Å². The molecule has 0 bridgehead atoms. The van der Waals surface area contributed by atoms with Crippen molar-refractivity contribution in [3.63, 3.8) is 0 Å². The summed E-state index contributed by atoms with van der Waals surface area (Å²) in [5.41, 5.74) is 1.74. The highest BCUT2D eigenvalue weighted by Gasteiger charge is 2.09. The maximum atomic E-state index is 12.2. The molecule has 1 N–H and O–H groups in total. The van der Waals surface area contributed by atoms with E-state index in [1.54, 1.807) is 6.07 Å². The summed E-state index contributed by atoms with van der Waals surface area (Å²) in [6.07, 6.45) is 1.42. The number of hydrogen-bond donors (Lipinski definition) is 1. The molecule has 0 fully saturated rings. The molecule has 0 radical (unpaired) electrons. The van der Waals surface area contributed by atoms with E-state index < -0.39 is 0 Å². The number of thiophene rings is 1. The van der Waals surface area contributed by atoms with Crippen LogP contribution in [0.1, 0.15) is 25.3 Å². The van der Waals surface area contributed by atoms with E-state index in [1.165, 1.54) is 27.8 Å². The van der Waals surface area contributed by atoms with Crippen molar-refractivity contribution in [2.24, 2.45) is 0 Å². The summed E-state index contributed by atoms with van der Waals surface area (Å²) >= 11 is 1.41. The Morgan fingerprint density at radius 1 is 1.26 bits per heavy atom. The number of fused-ring (bicyclic) bond motifs is 1. The minimum Gasteiger partial charge on any atom is -0.325 e. The summed E-state index contributed by atoms with van der Waals surface area (Å²) < 4.78 is 1.33. The van der Waals surface area contributed by atoms with Gasteiger partial charge in [0.1, 0.15) is 11.4 Å². The van der Waals surface area contributed by atoms with Gasteiger partial charge in [-0.1, -0.05) is 26.0 Å². The van der Waals surface area contributed by atoms with Crippen LogP contribution < -0.4 is 10.9 Å². The summed E-state index contributed by atoms with van der Waals surface area (Å²) in [7, 11) is 0. The molecule has 3 aromatic rings. The minimum absolute atomic E-state index is 0.0520. The van der Waals surface area contributed by atoms with E-state index in [1.807, 2.05) is 29.6 Å². The molecule has 0 unspecified atom stereocenters. The van der Waals surface area contributed by atoms with Gasteiger partial charge < -0.3 is 5.32 Å². The molecule has 5 nitrogen and oxygen atoms in total. The van der Waals surface area contributed by atoms with Gasteiger partial charge in [-0.05, 0) is 35.1 Å². The molecule has 3 rings (SSSR count). The highest BCUT2D eigenvalue weighted by Crippen LogP contribution is 2.17. The van der Waals surface area contributed by atoms with E-state index in [4.69, 9.17) is 0 Å². The number of nitrogens with one attached hydrogen (secondary N) is 1. The van der Waals surface area contributed by atoms with E-state index in [2.05, 4.69) is 24.1 Å². The fraction of sp³-hybridized carbons (Fsp3) is 0.235. The quantitative estimate of drug-likeness (QED) is 0.800. The number of amides is 1. The van der Waals surface area contributed by atoms with Crippen LogP contribution in [0.5, 0.6) is 0 Å². The molecule has 0 atom stereocenters. The summed E-state index contributed by atoms with van der Waals surface area (Å²) in [4.78, 5) is 29.3. The lowest BCUT2D eigenvalue weighted by Gasteiger charge is -2.09. The van der Waals surface area contributed by atoms with Crippen molar-refractivity contribution in [2.45, 2.75) is 26.3 Å². The van der Waals surface area contributed by atoms with Gasteiger partial charge in [0.05, 0.1) is 11.7 Å². The summed E-state index contributed by atoms with van der Waals surface area (Å²) in [6, 6.07) is 9.46. The van der Waals surface area contributed by atoms with Gasteiger partial charge in [0.25, 0.3) is 5.56 Å². The van der Waals surface area contributed by atoms with E-state index in [-0.39, 0.29) is 18.0 Å². The Kier molecular flexibility index (Phi) is 4.25. The third kappa shape index (κ3) is 3.32. The molecule has 0 saturated carbocycles. The van der Waals surface area contributed by atoms with Gasteiger partial charge in [-0.2, -0.15) is 0 Å². The van der Waals surface area contributed by atoms with Crippen molar-refractivity contribution in [3.05, 3.63) is 58.0 Å². The Labute approximate surface area is 137 Å². The maximum absolute atomic E-state index is 12.2. The molecule has 0 aliphatic heterocycles. The average Bonchev–Trinajstić information content (AvgIpc) is 3.00. The van der Waals surface area contributed by atoms with E-state index in [0.29, 0.717) is 16.1 Å². The number of hydrogen-bond acceptors (Lipinski definition) is 4. The Morgan fingerprint density at radius 2 is 2.00 bits per heavy atom. The summed E-state index contributed by atoms with van der Waals surface area (Å²) in [5, 5.41) is 5.17. The molecule has 6 heteroatoms. The number of rotatable bonds is 4. The largest absolute Gasteiger partial charge is 0.325 e. The molecule has 2 aromatic heterocycles. The number of carbonyl (C=O) groups excluding carboxylic acids is 1. The zero-order valence-corrected chi connectivity index (χ0v) is 13.8. The number of benzene rings is 1. The minimum atomic E-state index is -0.249. The van der Waals surface area contributed by atoms with Crippen LogP contribution in [0.3, 0.4) is 0 Å². The predicted octanol–water partition coefficient (Wildman–Crippen LogP) is 3.22. The molecule has 0 aliphatic rings. The number of carbonyl (C=O) groups is 1. The molecule has 0 spiro atoms. The van der Waals surface area contributed by atoms with Gasteiger partial charge in [-0.15, -0.1) is 11.3 Å². The third-order valence-electron chi connectivity index (χ3n) is 3.63. The fourth-order valence-electron chi connectivity index (χ4n) is 2.31. The van der Waals surface area contributed by atoms with Crippen LogP contribution in [0.25, 0.3) is 10.2 Å². The monoisotopic (exact) mass is 327 g/mol. The second kappa shape index (κ2) is 6.34. The topological polar surface area (TPSA) is 64.0 Å².